The van der Waals surface area contributed by atoms with Crippen LogP contribution in [0.2, 0.25) is 0 Å². The molecule has 2 aliphatic heterocycles. The van der Waals surface area contributed by atoms with Gasteiger partial charge in [0, 0.05) is 21.6 Å². The molecule has 47 heavy (non-hydrogen) atoms. The molecule has 1 aromatic heterocycles. The molecule has 224 valence electrons. The molecule has 0 fully saturated rings. The lowest BCUT2D eigenvalue weighted by atomic mass is 9.68. The number of aromatic nitrogens is 1. The maximum Gasteiger partial charge on any atom is 0.0582 e. The monoisotopic (exact) mass is 601 g/mol. The van der Waals surface area contributed by atoms with Gasteiger partial charge in [0.1, 0.15) is 0 Å². The normalized spacial score (nSPS) is 15.1. The van der Waals surface area contributed by atoms with Crippen molar-refractivity contribution in [3.8, 4) is 39.1 Å². The Labute approximate surface area is 275 Å². The highest BCUT2D eigenvalue weighted by molar-refractivity contribution is 6.15. The number of para-hydroxylation sites is 2. The topological polar surface area (TPSA) is 4.93 Å². The number of benzene rings is 7. The first-order chi connectivity index (χ1) is 22.8. The third kappa shape index (κ3) is 3.44. The van der Waals surface area contributed by atoms with Crippen molar-refractivity contribution in [2.45, 2.75) is 38.5 Å². The minimum absolute atomic E-state index is 0.0645. The number of hydrogen-bond donors (Lipinski definition) is 0. The summed E-state index contributed by atoms with van der Waals surface area (Å²) < 4.78 is 2.60. The molecule has 2 aliphatic rings. The van der Waals surface area contributed by atoms with Gasteiger partial charge >= 0.3 is 0 Å². The van der Waals surface area contributed by atoms with Crippen LogP contribution in [0.4, 0.5) is 0 Å². The van der Waals surface area contributed by atoms with Crippen LogP contribution in [-0.2, 0) is 10.8 Å². The van der Waals surface area contributed by atoms with E-state index in [2.05, 4.69) is 172 Å². The summed E-state index contributed by atoms with van der Waals surface area (Å²) in [6.07, 6.45) is 0. The summed E-state index contributed by atoms with van der Waals surface area (Å²) in [6.45, 7) is 9.62. The second kappa shape index (κ2) is 9.11. The largest absolute Gasteiger partial charge is 0.308 e. The maximum atomic E-state index is 2.60. The van der Waals surface area contributed by atoms with Crippen LogP contribution in [0, 0.1) is 0 Å². The number of hydrogen-bond acceptors (Lipinski definition) is 0. The van der Waals surface area contributed by atoms with Crippen LogP contribution in [0.15, 0.2) is 140 Å². The quantitative estimate of drug-likeness (QED) is 0.190. The van der Waals surface area contributed by atoms with E-state index in [1.165, 1.54) is 93.9 Å². The Kier molecular flexibility index (Phi) is 5.19. The number of nitrogens with zero attached hydrogens (tertiary/aromatic N) is 1. The average molecular weight is 602 g/mol. The van der Waals surface area contributed by atoms with Gasteiger partial charge in [-0.2, -0.15) is 0 Å². The lowest BCUT2D eigenvalue weighted by molar-refractivity contribution is 0.594. The Morgan fingerprint density at radius 2 is 0.872 bits per heavy atom. The molecule has 0 radical (unpaired) electrons. The summed E-state index contributed by atoms with van der Waals surface area (Å²) in [5.74, 6) is 0. The average Bonchev–Trinajstić information content (AvgIpc) is 3.44. The van der Waals surface area contributed by atoms with Gasteiger partial charge in [0.25, 0.3) is 0 Å². The molecule has 0 N–H and O–H groups in total. The minimum atomic E-state index is -0.128. The second-order valence-electron chi connectivity index (χ2n) is 14.6. The first-order valence-electron chi connectivity index (χ1n) is 16.8. The Bertz CT molecular complexity index is 2590. The van der Waals surface area contributed by atoms with E-state index in [0.717, 1.165) is 0 Å². The third-order valence-electron chi connectivity index (χ3n) is 11.4. The summed E-state index contributed by atoms with van der Waals surface area (Å²) in [4.78, 5) is 0. The van der Waals surface area contributed by atoms with E-state index in [9.17, 15) is 0 Å². The zero-order valence-electron chi connectivity index (χ0n) is 27.2. The van der Waals surface area contributed by atoms with Crippen molar-refractivity contribution in [2.24, 2.45) is 0 Å². The third-order valence-corrected chi connectivity index (χ3v) is 11.4. The molecular weight excluding hydrogens is 567 g/mol. The molecule has 0 atom stereocenters. The zero-order valence-corrected chi connectivity index (χ0v) is 27.2. The highest BCUT2D eigenvalue weighted by Crippen LogP contribution is 2.55. The molecule has 0 amide bonds. The van der Waals surface area contributed by atoms with E-state index in [-0.39, 0.29) is 10.8 Å². The Morgan fingerprint density at radius 1 is 0.362 bits per heavy atom. The van der Waals surface area contributed by atoms with Crippen molar-refractivity contribution in [2.75, 3.05) is 0 Å². The first kappa shape index (κ1) is 26.8. The first-order valence-corrected chi connectivity index (χ1v) is 16.8. The van der Waals surface area contributed by atoms with Crippen LogP contribution in [-0.4, -0.2) is 4.57 Å². The standard InChI is InChI=1S/C46H35N/c1-45(2)38-17-10-16-36-37-26-31(27-41-43(37)47(42(36)38)44-39(45)18-11-19-40(44)46(41,3)4)28-20-22-30(23-21-28)33-25-24-32(29-12-6-5-7-13-29)34-14-8-9-15-35(33)34/h5-27H,1-4H3. The van der Waals surface area contributed by atoms with Crippen LogP contribution in [0.1, 0.15) is 49.9 Å². The lowest BCUT2D eigenvalue weighted by Gasteiger charge is -2.42. The highest BCUT2D eigenvalue weighted by Gasteiger charge is 2.43. The zero-order chi connectivity index (χ0) is 31.7. The van der Waals surface area contributed by atoms with Crippen LogP contribution in [0.5, 0.6) is 0 Å². The molecule has 0 bridgehead atoms. The fraction of sp³-hybridized carbons (Fsp3) is 0.130. The van der Waals surface area contributed by atoms with Gasteiger partial charge in [-0.25, -0.2) is 0 Å². The van der Waals surface area contributed by atoms with Crippen molar-refractivity contribution in [3.63, 3.8) is 0 Å². The van der Waals surface area contributed by atoms with Crippen molar-refractivity contribution in [1.29, 1.82) is 0 Å². The SMILES string of the molecule is CC1(C)c2cccc3c2-n2c4c1cccc4c1cc(-c4ccc(-c5ccc(-c6ccccc6)c6ccccc56)cc4)cc(c12)C3(C)C. The van der Waals surface area contributed by atoms with Crippen molar-refractivity contribution in [1.82, 2.24) is 4.57 Å². The van der Waals surface area contributed by atoms with Gasteiger partial charge in [-0.1, -0.05) is 155 Å². The van der Waals surface area contributed by atoms with Gasteiger partial charge in [0.15, 0.2) is 0 Å². The highest BCUT2D eigenvalue weighted by atomic mass is 15.0. The molecule has 1 heteroatoms. The molecule has 0 unspecified atom stereocenters. The second-order valence-corrected chi connectivity index (χ2v) is 14.6. The van der Waals surface area contributed by atoms with E-state index in [0.29, 0.717) is 0 Å². The lowest BCUT2D eigenvalue weighted by Crippen LogP contribution is -2.33. The van der Waals surface area contributed by atoms with Crippen molar-refractivity contribution >= 4 is 32.6 Å². The van der Waals surface area contributed by atoms with Crippen LogP contribution < -0.4 is 0 Å². The molecule has 0 saturated heterocycles. The minimum Gasteiger partial charge on any atom is -0.308 e. The van der Waals surface area contributed by atoms with Gasteiger partial charge in [-0.3, -0.25) is 0 Å². The number of rotatable bonds is 3. The van der Waals surface area contributed by atoms with Crippen LogP contribution in [0.3, 0.4) is 0 Å². The van der Waals surface area contributed by atoms with E-state index < -0.39 is 0 Å². The summed E-state index contributed by atoms with van der Waals surface area (Å²) >= 11 is 0. The van der Waals surface area contributed by atoms with Gasteiger partial charge in [0.05, 0.1) is 16.7 Å². The summed E-state index contributed by atoms with van der Waals surface area (Å²) in [5, 5.41) is 5.27. The predicted molar refractivity (Wildman–Crippen MR) is 199 cm³/mol. The summed E-state index contributed by atoms with van der Waals surface area (Å²) in [6, 6.07) is 52.2. The van der Waals surface area contributed by atoms with E-state index >= 15 is 0 Å². The van der Waals surface area contributed by atoms with Crippen molar-refractivity contribution < 1.29 is 0 Å². The molecule has 7 aromatic carbocycles. The maximum absolute atomic E-state index is 2.60. The Balaban J connectivity index is 1.16. The summed E-state index contributed by atoms with van der Waals surface area (Å²) in [7, 11) is 0. The van der Waals surface area contributed by atoms with Crippen LogP contribution >= 0.6 is 0 Å². The fourth-order valence-corrected chi connectivity index (χ4v) is 8.91. The summed E-state index contributed by atoms with van der Waals surface area (Å²) in [5.41, 5.74) is 17.2. The van der Waals surface area contributed by atoms with E-state index in [1.54, 1.807) is 0 Å². The Hall–Kier alpha value is -5.40. The smallest absolute Gasteiger partial charge is 0.0582 e. The molecule has 0 saturated carbocycles. The molecule has 1 nitrogen and oxygen atoms in total. The van der Waals surface area contributed by atoms with E-state index in [4.69, 9.17) is 0 Å². The van der Waals surface area contributed by atoms with Gasteiger partial charge in [-0.05, 0) is 78.5 Å². The Morgan fingerprint density at radius 3 is 1.55 bits per heavy atom. The molecule has 3 heterocycles. The number of fused-ring (bicyclic) bond motifs is 2. The molecule has 0 aliphatic carbocycles. The molecule has 0 spiro atoms. The molecular formula is C46H35N. The fourth-order valence-electron chi connectivity index (χ4n) is 8.91. The predicted octanol–water partition coefficient (Wildman–Crippen LogP) is 12.2. The molecule has 10 rings (SSSR count). The molecule has 8 aromatic rings. The van der Waals surface area contributed by atoms with Gasteiger partial charge < -0.3 is 4.57 Å². The van der Waals surface area contributed by atoms with E-state index in [1.807, 2.05) is 0 Å². The van der Waals surface area contributed by atoms with Gasteiger partial charge in [-0.15, -0.1) is 0 Å². The van der Waals surface area contributed by atoms with Crippen LogP contribution in [0.25, 0.3) is 71.6 Å². The van der Waals surface area contributed by atoms with Gasteiger partial charge in [0.2, 0.25) is 0 Å². The van der Waals surface area contributed by atoms with Crippen molar-refractivity contribution in [3.05, 3.63) is 162 Å².